The van der Waals surface area contributed by atoms with Crippen LogP contribution in [0.1, 0.15) is 0 Å². The molecular weight excluding hydrogens is 749 g/mol. The molecule has 0 atom stereocenters. The molecule has 8 rings (SSSR count). The fourth-order valence-electron chi connectivity index (χ4n) is 6.59. The van der Waals surface area contributed by atoms with Crippen LogP contribution >= 0.6 is 57.1 Å². The molecule has 0 aliphatic carbocycles. The summed E-state index contributed by atoms with van der Waals surface area (Å²) in [6, 6.07) is 12.9. The van der Waals surface area contributed by atoms with Crippen LogP contribution in [-0.4, -0.2) is 90.0 Å². The topological polar surface area (TPSA) is 99.6 Å². The highest BCUT2D eigenvalue weighted by Crippen LogP contribution is 2.52. The number of fused-ring (bicyclic) bond motifs is 3. The highest BCUT2D eigenvalue weighted by Gasteiger charge is 2.38. The molecule has 268 valence electrons. The molecule has 7 heterocycles. The maximum Gasteiger partial charge on any atom is 0.180 e. The van der Waals surface area contributed by atoms with Crippen molar-refractivity contribution in [2.45, 2.75) is 0 Å². The summed E-state index contributed by atoms with van der Waals surface area (Å²) < 4.78 is 56.9. The van der Waals surface area contributed by atoms with Crippen LogP contribution in [0.25, 0.3) is 51.4 Å². The van der Waals surface area contributed by atoms with Gasteiger partial charge in [0.1, 0.15) is 37.5 Å². The lowest BCUT2D eigenvalue weighted by atomic mass is 9.92. The molecule has 51 heavy (non-hydrogen) atoms. The molecule has 0 N–H and O–H groups in total. The molecule has 0 saturated heterocycles. The Bertz CT molecular complexity index is 1970. The van der Waals surface area contributed by atoms with Crippen LogP contribution in [-0.2, 0) is 18.9 Å². The van der Waals surface area contributed by atoms with Crippen LogP contribution in [0.2, 0.25) is 0 Å². The predicted octanol–water partition coefficient (Wildman–Crippen LogP) is 8.71. The third-order valence-electron chi connectivity index (χ3n) is 8.95. The molecule has 5 aromatic heterocycles. The number of nitrogens with zero attached hydrogens (tertiary/aromatic N) is 2. The van der Waals surface area contributed by atoms with Crippen molar-refractivity contribution in [3.8, 4) is 63.4 Å². The zero-order valence-electron chi connectivity index (χ0n) is 28.5. The highest BCUT2D eigenvalue weighted by atomic mass is 32.1. The van der Waals surface area contributed by atoms with Crippen molar-refractivity contribution in [2.75, 3.05) is 81.3 Å². The fourth-order valence-corrected chi connectivity index (χ4v) is 11.3. The van der Waals surface area contributed by atoms with Crippen LogP contribution in [0.3, 0.4) is 0 Å². The van der Waals surface area contributed by atoms with E-state index in [-0.39, 0.29) is 10.8 Å². The van der Waals surface area contributed by atoms with E-state index >= 15 is 0 Å². The molecule has 0 fully saturated rings. The van der Waals surface area contributed by atoms with Crippen LogP contribution in [0.15, 0.2) is 47.2 Å². The lowest BCUT2D eigenvalue weighted by molar-refractivity contribution is -0.0360. The number of aromatic nitrogens is 2. The minimum absolute atomic E-state index is 0.377. The second-order valence-electron chi connectivity index (χ2n) is 12.9. The number of hydrogen-bond donors (Lipinski definition) is 0. The minimum Gasteiger partial charge on any atom is -0.488 e. The zero-order valence-corrected chi connectivity index (χ0v) is 32.6. The van der Waals surface area contributed by atoms with E-state index in [1.54, 1.807) is 73.8 Å². The van der Waals surface area contributed by atoms with Gasteiger partial charge in [-0.3, -0.25) is 0 Å². The lowest BCUT2D eigenvalue weighted by Crippen LogP contribution is -2.42. The Morgan fingerprint density at radius 2 is 0.941 bits per heavy atom. The van der Waals surface area contributed by atoms with Crippen LogP contribution < -0.4 is 18.9 Å². The van der Waals surface area contributed by atoms with Gasteiger partial charge in [-0.15, -0.1) is 45.3 Å². The summed E-state index contributed by atoms with van der Waals surface area (Å²) in [5.41, 5.74) is 3.14. The van der Waals surface area contributed by atoms with E-state index in [0.29, 0.717) is 52.9 Å². The second-order valence-corrected chi connectivity index (χ2v) is 17.3. The van der Waals surface area contributed by atoms with Crippen molar-refractivity contribution in [2.24, 2.45) is 10.8 Å². The Labute approximate surface area is 315 Å². The molecule has 6 aromatic rings. The van der Waals surface area contributed by atoms with E-state index < -0.39 is 0 Å². The zero-order chi connectivity index (χ0) is 35.0. The molecule has 0 amide bonds. The molecule has 1 aromatic carbocycles. The number of ether oxygens (including phenoxy) is 8. The van der Waals surface area contributed by atoms with Gasteiger partial charge in [-0.25, -0.2) is 0 Å². The number of methoxy groups -OCH3 is 4. The first-order valence-corrected chi connectivity index (χ1v) is 20.3. The standard InChI is InChI=1S/C36H36N2O8S5/c1-39-13-35(14-40-2)17-43-23-11-47-33(31(23)45-19-35)27-9-7-25(49-27)21-5-6-22(30-29(21)37-51-38-30)26-8-10-28(50-26)34-32-24(12-48-34)44-18-36(15-41-3,16-42-4)20-46-32/h5-12H,13-20H2,1-4H3. The molecule has 0 radical (unpaired) electrons. The quantitative estimate of drug-likeness (QED) is 0.120. The number of hydrogen-bond acceptors (Lipinski definition) is 15. The van der Waals surface area contributed by atoms with E-state index in [9.17, 15) is 0 Å². The van der Waals surface area contributed by atoms with Gasteiger partial charge < -0.3 is 37.9 Å². The van der Waals surface area contributed by atoms with Gasteiger partial charge in [-0.05, 0) is 24.3 Å². The Kier molecular flexibility index (Phi) is 10.1. The van der Waals surface area contributed by atoms with E-state index in [1.807, 2.05) is 10.8 Å². The Morgan fingerprint density at radius 1 is 0.549 bits per heavy atom. The summed E-state index contributed by atoms with van der Waals surface area (Å²) in [5, 5.41) is 4.05. The van der Waals surface area contributed by atoms with Crippen LogP contribution in [0, 0.1) is 10.8 Å². The summed E-state index contributed by atoms with van der Waals surface area (Å²) in [6.07, 6.45) is 0. The molecule has 0 bridgehead atoms. The van der Waals surface area contributed by atoms with E-state index in [1.165, 1.54) is 11.7 Å². The maximum absolute atomic E-state index is 6.42. The fraction of sp³-hybridized carbons (Fsp3) is 0.389. The van der Waals surface area contributed by atoms with Crippen LogP contribution in [0.4, 0.5) is 0 Å². The van der Waals surface area contributed by atoms with Crippen molar-refractivity contribution >= 4 is 68.1 Å². The molecular formula is C36H36N2O8S5. The summed E-state index contributed by atoms with van der Waals surface area (Å²) in [6.45, 7) is 3.75. The van der Waals surface area contributed by atoms with Gasteiger partial charge in [-0.1, -0.05) is 12.1 Å². The molecule has 2 aliphatic rings. The normalized spacial score (nSPS) is 16.3. The maximum atomic E-state index is 6.42. The third kappa shape index (κ3) is 6.57. The van der Waals surface area contributed by atoms with Crippen molar-refractivity contribution in [1.29, 1.82) is 0 Å². The largest absolute Gasteiger partial charge is 0.488 e. The Hall–Kier alpha value is -3.12. The number of rotatable bonds is 12. The average molecular weight is 785 g/mol. The molecule has 0 spiro atoms. The van der Waals surface area contributed by atoms with Gasteiger partial charge in [0.2, 0.25) is 0 Å². The van der Waals surface area contributed by atoms with Crippen LogP contribution in [0.5, 0.6) is 23.0 Å². The lowest BCUT2D eigenvalue weighted by Gasteiger charge is -2.29. The number of benzene rings is 1. The van der Waals surface area contributed by atoms with Crippen molar-refractivity contribution in [3.63, 3.8) is 0 Å². The van der Waals surface area contributed by atoms with Crippen molar-refractivity contribution in [3.05, 3.63) is 47.2 Å². The molecule has 15 heteroatoms. The van der Waals surface area contributed by atoms with Gasteiger partial charge in [-0.2, -0.15) is 8.75 Å². The Balaban J connectivity index is 1.05. The first-order chi connectivity index (χ1) is 25.0. The molecule has 2 aliphatic heterocycles. The minimum atomic E-state index is -0.377. The first-order valence-electron chi connectivity index (χ1n) is 16.2. The average Bonchev–Trinajstić information content (AvgIpc) is 3.97. The summed E-state index contributed by atoms with van der Waals surface area (Å²) in [5.74, 6) is 3.06. The summed E-state index contributed by atoms with van der Waals surface area (Å²) >= 11 is 7.92. The second kappa shape index (κ2) is 14.7. The summed E-state index contributed by atoms with van der Waals surface area (Å²) in [7, 11) is 6.76. The SMILES string of the molecule is COCC1(COC)COc2csc(-c3ccc(-c4ccc(-c5ccc(-c6scc7c6OCC(COC)(COC)CO7)s5)c5nsnc45)s3)c2OC1. The van der Waals surface area contributed by atoms with Gasteiger partial charge in [0.25, 0.3) is 0 Å². The van der Waals surface area contributed by atoms with Gasteiger partial charge in [0.15, 0.2) is 23.0 Å². The third-order valence-corrected chi connectivity index (χ3v) is 14.0. The smallest absolute Gasteiger partial charge is 0.180 e. The van der Waals surface area contributed by atoms with Crippen molar-refractivity contribution < 1.29 is 37.9 Å². The van der Waals surface area contributed by atoms with Gasteiger partial charge in [0.05, 0.1) is 58.7 Å². The highest BCUT2D eigenvalue weighted by molar-refractivity contribution is 7.24. The molecule has 0 unspecified atom stereocenters. The predicted molar refractivity (Wildman–Crippen MR) is 205 cm³/mol. The van der Waals surface area contributed by atoms with Gasteiger partial charge in [0, 0.05) is 69.8 Å². The Morgan fingerprint density at radius 3 is 1.35 bits per heavy atom. The molecule has 0 saturated carbocycles. The first kappa shape index (κ1) is 34.9. The van der Waals surface area contributed by atoms with E-state index in [4.69, 9.17) is 46.6 Å². The number of thiophene rings is 4. The molecule has 10 nitrogen and oxygen atoms in total. The van der Waals surface area contributed by atoms with E-state index in [0.717, 1.165) is 74.4 Å². The van der Waals surface area contributed by atoms with E-state index in [2.05, 4.69) is 36.4 Å². The van der Waals surface area contributed by atoms with Crippen molar-refractivity contribution in [1.82, 2.24) is 8.75 Å². The van der Waals surface area contributed by atoms with Gasteiger partial charge >= 0.3 is 0 Å². The summed E-state index contributed by atoms with van der Waals surface area (Å²) in [4.78, 5) is 6.54. The monoisotopic (exact) mass is 784 g/mol.